The Balaban J connectivity index is 1.94. The van der Waals surface area contributed by atoms with Crippen LogP contribution in [0.15, 0.2) is 29.3 Å². The van der Waals surface area contributed by atoms with Crippen LogP contribution < -0.4 is 10.6 Å². The Morgan fingerprint density at radius 2 is 1.88 bits per heavy atom. The Hall–Kier alpha value is -1.59. The van der Waals surface area contributed by atoms with Gasteiger partial charge in [-0.15, -0.1) is 0 Å². The molecule has 0 amide bonds. The van der Waals surface area contributed by atoms with Crippen molar-refractivity contribution < 1.29 is 4.74 Å². The average molecular weight is 347 g/mol. The largest absolute Gasteiger partial charge is 0.385 e. The van der Waals surface area contributed by atoms with E-state index in [1.54, 1.807) is 7.11 Å². The van der Waals surface area contributed by atoms with Gasteiger partial charge in [0.05, 0.1) is 6.54 Å². The molecular weight excluding hydrogens is 312 g/mol. The molecule has 0 saturated carbocycles. The summed E-state index contributed by atoms with van der Waals surface area (Å²) in [7, 11) is 1.73. The molecule has 0 spiro atoms. The van der Waals surface area contributed by atoms with Gasteiger partial charge in [-0.25, -0.2) is 4.99 Å². The normalized spacial score (nSPS) is 16.0. The van der Waals surface area contributed by atoms with Crippen molar-refractivity contribution in [3.8, 4) is 0 Å². The summed E-state index contributed by atoms with van der Waals surface area (Å²) in [5, 5.41) is 6.69. The van der Waals surface area contributed by atoms with Gasteiger partial charge in [-0.3, -0.25) is 4.90 Å². The molecule has 0 radical (unpaired) electrons. The second-order valence-electron chi connectivity index (χ2n) is 6.57. The Bertz CT molecular complexity index is 512. The first kappa shape index (κ1) is 19.7. The molecule has 0 bridgehead atoms. The van der Waals surface area contributed by atoms with Gasteiger partial charge in [-0.2, -0.15) is 0 Å². The van der Waals surface area contributed by atoms with E-state index in [0.717, 1.165) is 38.6 Å². The summed E-state index contributed by atoms with van der Waals surface area (Å²) >= 11 is 0. The molecule has 2 rings (SSSR count). The number of methoxy groups -OCH3 is 1. The summed E-state index contributed by atoms with van der Waals surface area (Å²) in [6.07, 6.45) is 5.02. The van der Waals surface area contributed by atoms with E-state index < -0.39 is 0 Å². The predicted octanol–water partition coefficient (Wildman–Crippen LogP) is 2.76. The summed E-state index contributed by atoms with van der Waals surface area (Å²) in [6, 6.07) is 8.71. The second kappa shape index (κ2) is 11.9. The van der Waals surface area contributed by atoms with Crippen LogP contribution in [0, 0.1) is 0 Å². The van der Waals surface area contributed by atoms with Crippen molar-refractivity contribution in [1.82, 2.24) is 15.5 Å². The van der Waals surface area contributed by atoms with Crippen molar-refractivity contribution >= 4 is 5.96 Å². The average Bonchev–Trinajstić information content (AvgIpc) is 2.65. The van der Waals surface area contributed by atoms with Crippen LogP contribution in [0.2, 0.25) is 0 Å². The molecule has 1 aliphatic heterocycles. The zero-order valence-corrected chi connectivity index (χ0v) is 15.9. The van der Waals surface area contributed by atoms with Gasteiger partial charge in [0.25, 0.3) is 0 Å². The number of aliphatic imine (C=N–C) groups is 1. The Morgan fingerprint density at radius 3 is 2.60 bits per heavy atom. The van der Waals surface area contributed by atoms with Crippen LogP contribution in [0.5, 0.6) is 0 Å². The maximum atomic E-state index is 5.10. The highest BCUT2D eigenvalue weighted by atomic mass is 16.5. The fraction of sp³-hybridized carbons (Fsp3) is 0.650. The van der Waals surface area contributed by atoms with E-state index in [4.69, 9.17) is 9.73 Å². The van der Waals surface area contributed by atoms with Crippen molar-refractivity contribution in [1.29, 1.82) is 0 Å². The highest BCUT2D eigenvalue weighted by molar-refractivity contribution is 5.79. The monoisotopic (exact) mass is 346 g/mol. The van der Waals surface area contributed by atoms with Crippen LogP contribution in [-0.2, 0) is 17.8 Å². The molecule has 1 aromatic carbocycles. The lowest BCUT2D eigenvalue weighted by Gasteiger charge is -2.27. The minimum Gasteiger partial charge on any atom is -0.385 e. The second-order valence-corrected chi connectivity index (χ2v) is 6.57. The molecule has 0 atom stereocenters. The van der Waals surface area contributed by atoms with Crippen molar-refractivity contribution in [2.75, 3.05) is 39.9 Å². The number of benzene rings is 1. The van der Waals surface area contributed by atoms with Crippen LogP contribution in [0.1, 0.15) is 43.7 Å². The smallest absolute Gasteiger partial charge is 0.191 e. The molecule has 2 N–H and O–H groups in total. The molecule has 0 aliphatic carbocycles. The number of hydrogen-bond acceptors (Lipinski definition) is 3. The molecule has 1 aliphatic rings. The van der Waals surface area contributed by atoms with Gasteiger partial charge in [-0.05, 0) is 50.4 Å². The predicted molar refractivity (Wildman–Crippen MR) is 105 cm³/mol. The van der Waals surface area contributed by atoms with E-state index in [1.165, 1.54) is 43.5 Å². The topological polar surface area (TPSA) is 48.9 Å². The lowest BCUT2D eigenvalue weighted by Crippen LogP contribution is -2.38. The van der Waals surface area contributed by atoms with E-state index in [0.29, 0.717) is 6.54 Å². The van der Waals surface area contributed by atoms with Crippen molar-refractivity contribution in [2.24, 2.45) is 4.99 Å². The zero-order chi connectivity index (χ0) is 17.7. The van der Waals surface area contributed by atoms with Crippen LogP contribution in [0.25, 0.3) is 0 Å². The summed E-state index contributed by atoms with van der Waals surface area (Å²) in [4.78, 5) is 7.34. The van der Waals surface area contributed by atoms with E-state index >= 15 is 0 Å². The number of rotatable bonds is 9. The van der Waals surface area contributed by atoms with E-state index in [1.807, 2.05) is 0 Å². The quantitative estimate of drug-likeness (QED) is 0.410. The van der Waals surface area contributed by atoms with Crippen LogP contribution >= 0.6 is 0 Å². The SMILES string of the molecule is CCNC(=NCc1ccccc1CN1CCCCC1)NCCCOC. The van der Waals surface area contributed by atoms with Gasteiger partial charge in [-0.1, -0.05) is 30.7 Å². The number of piperidine rings is 1. The van der Waals surface area contributed by atoms with Gasteiger partial charge in [0, 0.05) is 33.4 Å². The van der Waals surface area contributed by atoms with Gasteiger partial charge in [0.15, 0.2) is 5.96 Å². The highest BCUT2D eigenvalue weighted by Crippen LogP contribution is 2.16. The molecule has 1 saturated heterocycles. The molecule has 25 heavy (non-hydrogen) atoms. The fourth-order valence-electron chi connectivity index (χ4n) is 3.15. The van der Waals surface area contributed by atoms with Crippen molar-refractivity contribution in [3.63, 3.8) is 0 Å². The standard InChI is InChI=1S/C20H34N4O/c1-3-21-20(22-12-9-15-25-2)23-16-18-10-5-6-11-19(18)17-24-13-7-4-8-14-24/h5-6,10-11H,3-4,7-9,12-17H2,1-2H3,(H2,21,22,23). The minimum absolute atomic E-state index is 0.712. The fourth-order valence-corrected chi connectivity index (χ4v) is 3.15. The molecule has 0 unspecified atom stereocenters. The maximum absolute atomic E-state index is 5.10. The number of nitrogens with one attached hydrogen (secondary N) is 2. The van der Waals surface area contributed by atoms with Gasteiger partial charge < -0.3 is 15.4 Å². The molecule has 1 heterocycles. The van der Waals surface area contributed by atoms with Crippen molar-refractivity contribution in [3.05, 3.63) is 35.4 Å². The molecule has 1 fully saturated rings. The summed E-state index contributed by atoms with van der Waals surface area (Å²) in [5.74, 6) is 0.881. The minimum atomic E-state index is 0.712. The third kappa shape index (κ3) is 7.45. The van der Waals surface area contributed by atoms with Crippen LogP contribution in [0.3, 0.4) is 0 Å². The third-order valence-electron chi connectivity index (χ3n) is 4.53. The lowest BCUT2D eigenvalue weighted by molar-refractivity contribution is 0.195. The molecule has 1 aromatic rings. The Kier molecular flexibility index (Phi) is 9.37. The first-order chi connectivity index (χ1) is 12.3. The Labute approximate surface area is 152 Å². The summed E-state index contributed by atoms with van der Waals surface area (Å²) in [5.41, 5.74) is 2.73. The third-order valence-corrected chi connectivity index (χ3v) is 4.53. The number of hydrogen-bond donors (Lipinski definition) is 2. The molecular formula is C20H34N4O. The number of guanidine groups is 1. The van der Waals surface area contributed by atoms with Crippen molar-refractivity contribution in [2.45, 2.75) is 45.7 Å². The van der Waals surface area contributed by atoms with Gasteiger partial charge in [0.1, 0.15) is 0 Å². The van der Waals surface area contributed by atoms with E-state index in [-0.39, 0.29) is 0 Å². The van der Waals surface area contributed by atoms with Gasteiger partial charge >= 0.3 is 0 Å². The highest BCUT2D eigenvalue weighted by Gasteiger charge is 2.12. The van der Waals surface area contributed by atoms with E-state index in [2.05, 4.69) is 46.7 Å². The number of ether oxygens (including phenoxy) is 1. The summed E-state index contributed by atoms with van der Waals surface area (Å²) < 4.78 is 5.10. The molecule has 140 valence electrons. The lowest BCUT2D eigenvalue weighted by atomic mass is 10.1. The molecule has 0 aromatic heterocycles. The summed E-state index contributed by atoms with van der Waals surface area (Å²) in [6.45, 7) is 8.80. The van der Waals surface area contributed by atoms with E-state index in [9.17, 15) is 0 Å². The first-order valence-corrected chi connectivity index (χ1v) is 9.63. The van der Waals surface area contributed by atoms with Gasteiger partial charge in [0.2, 0.25) is 0 Å². The zero-order valence-electron chi connectivity index (χ0n) is 15.9. The number of nitrogens with zero attached hydrogens (tertiary/aromatic N) is 2. The molecule has 5 heteroatoms. The van der Waals surface area contributed by atoms with Crippen LogP contribution in [-0.4, -0.2) is 50.8 Å². The van der Waals surface area contributed by atoms with Crippen LogP contribution in [0.4, 0.5) is 0 Å². The first-order valence-electron chi connectivity index (χ1n) is 9.63. The maximum Gasteiger partial charge on any atom is 0.191 e. The Morgan fingerprint density at radius 1 is 1.12 bits per heavy atom. The number of likely N-dealkylation sites (tertiary alicyclic amines) is 1. The molecule has 5 nitrogen and oxygen atoms in total.